The molecule has 1 aromatic carbocycles. The van der Waals surface area contributed by atoms with Gasteiger partial charge in [-0.1, -0.05) is 13.8 Å². The molecule has 1 aliphatic carbocycles. The minimum Gasteiger partial charge on any atom is -0.490 e. The molecule has 0 aliphatic heterocycles. The van der Waals surface area contributed by atoms with Crippen LogP contribution in [0, 0.1) is 17.7 Å². The van der Waals surface area contributed by atoms with Crippen molar-refractivity contribution in [2.24, 2.45) is 17.6 Å². The van der Waals surface area contributed by atoms with Gasteiger partial charge in [0, 0.05) is 12.1 Å². The number of benzene rings is 1. The van der Waals surface area contributed by atoms with Gasteiger partial charge in [0.25, 0.3) is 0 Å². The molecule has 0 heterocycles. The van der Waals surface area contributed by atoms with Gasteiger partial charge >= 0.3 is 0 Å². The Bertz CT molecular complexity index is 397. The van der Waals surface area contributed by atoms with Crippen molar-refractivity contribution < 1.29 is 9.13 Å². The summed E-state index contributed by atoms with van der Waals surface area (Å²) in [6, 6.07) is 4.59. The van der Waals surface area contributed by atoms with Crippen LogP contribution < -0.4 is 10.5 Å². The van der Waals surface area contributed by atoms with Crippen LogP contribution in [-0.2, 0) is 6.54 Å². The van der Waals surface area contributed by atoms with Gasteiger partial charge in [0.15, 0.2) is 0 Å². The van der Waals surface area contributed by atoms with Crippen molar-refractivity contribution in [3.63, 3.8) is 0 Å². The Kier molecular flexibility index (Phi) is 4.23. The molecule has 1 fully saturated rings. The molecule has 0 spiro atoms. The van der Waals surface area contributed by atoms with Crippen LogP contribution in [0.4, 0.5) is 4.39 Å². The Hall–Kier alpha value is -1.09. The van der Waals surface area contributed by atoms with Crippen molar-refractivity contribution in [2.45, 2.75) is 45.8 Å². The van der Waals surface area contributed by atoms with E-state index in [0.717, 1.165) is 24.2 Å². The lowest BCUT2D eigenvalue weighted by molar-refractivity contribution is 0.1000. The molecule has 2 unspecified atom stereocenters. The van der Waals surface area contributed by atoms with Gasteiger partial charge in [0.2, 0.25) is 0 Å². The van der Waals surface area contributed by atoms with Crippen molar-refractivity contribution in [1.82, 2.24) is 0 Å². The quantitative estimate of drug-likeness (QED) is 0.892. The first-order valence-corrected chi connectivity index (χ1v) is 6.73. The summed E-state index contributed by atoms with van der Waals surface area (Å²) in [4.78, 5) is 0. The van der Waals surface area contributed by atoms with E-state index in [9.17, 15) is 4.39 Å². The summed E-state index contributed by atoms with van der Waals surface area (Å²) in [6.07, 6.45) is 3.66. The molecule has 0 bridgehead atoms. The predicted molar refractivity (Wildman–Crippen MR) is 70.9 cm³/mol. The summed E-state index contributed by atoms with van der Waals surface area (Å²) in [7, 11) is 0. The van der Waals surface area contributed by atoms with Gasteiger partial charge in [-0.3, -0.25) is 0 Å². The summed E-state index contributed by atoms with van der Waals surface area (Å²) in [6.45, 7) is 4.84. The summed E-state index contributed by atoms with van der Waals surface area (Å²) in [5.41, 5.74) is 6.38. The average Bonchev–Trinajstić information content (AvgIpc) is 2.30. The number of halogens is 1. The van der Waals surface area contributed by atoms with E-state index in [0.29, 0.717) is 18.4 Å². The van der Waals surface area contributed by atoms with Gasteiger partial charge in [-0.25, -0.2) is 4.39 Å². The zero-order valence-corrected chi connectivity index (χ0v) is 11.2. The molecule has 1 saturated carbocycles. The Morgan fingerprint density at radius 3 is 2.50 bits per heavy atom. The molecular formula is C15H22FNO. The topological polar surface area (TPSA) is 35.2 Å². The highest BCUT2D eigenvalue weighted by Crippen LogP contribution is 2.32. The van der Waals surface area contributed by atoms with E-state index in [2.05, 4.69) is 13.8 Å². The second-order valence-corrected chi connectivity index (χ2v) is 5.61. The van der Waals surface area contributed by atoms with Gasteiger partial charge in [0.1, 0.15) is 11.6 Å². The third-order valence-electron chi connectivity index (χ3n) is 3.67. The number of hydrogen-bond donors (Lipinski definition) is 1. The fraction of sp³-hybridized carbons (Fsp3) is 0.600. The predicted octanol–water partition coefficient (Wildman–Crippen LogP) is 3.49. The first kappa shape index (κ1) is 13.3. The maximum Gasteiger partial charge on any atom is 0.124 e. The van der Waals surface area contributed by atoms with Crippen LogP contribution in [0.1, 0.15) is 38.7 Å². The van der Waals surface area contributed by atoms with Gasteiger partial charge in [-0.05, 0) is 49.3 Å². The van der Waals surface area contributed by atoms with Crippen LogP contribution in [0.2, 0.25) is 0 Å². The summed E-state index contributed by atoms with van der Waals surface area (Å²) < 4.78 is 19.2. The molecule has 1 aliphatic rings. The van der Waals surface area contributed by atoms with Gasteiger partial charge < -0.3 is 10.5 Å². The smallest absolute Gasteiger partial charge is 0.124 e. The highest BCUT2D eigenvalue weighted by molar-refractivity contribution is 5.34. The number of nitrogens with two attached hydrogens (primary N) is 1. The largest absolute Gasteiger partial charge is 0.490 e. The molecule has 18 heavy (non-hydrogen) atoms. The van der Waals surface area contributed by atoms with Crippen molar-refractivity contribution >= 4 is 0 Å². The van der Waals surface area contributed by atoms with E-state index in [1.54, 1.807) is 6.07 Å². The molecule has 0 aromatic heterocycles. The second-order valence-electron chi connectivity index (χ2n) is 5.61. The number of rotatable bonds is 3. The standard InChI is InChI=1S/C15H22FNO/c1-10-5-11(2)7-14(6-10)18-15-4-3-13(16)8-12(15)9-17/h3-4,8,10-11,14H,5-7,9,17H2,1-2H3. The molecule has 2 nitrogen and oxygen atoms in total. The summed E-state index contributed by atoms with van der Waals surface area (Å²) in [5.74, 6) is 1.87. The summed E-state index contributed by atoms with van der Waals surface area (Å²) >= 11 is 0. The highest BCUT2D eigenvalue weighted by atomic mass is 19.1. The van der Waals surface area contributed by atoms with E-state index in [1.807, 2.05) is 0 Å². The molecule has 0 radical (unpaired) electrons. The van der Waals surface area contributed by atoms with Crippen molar-refractivity contribution in [3.8, 4) is 5.75 Å². The van der Waals surface area contributed by atoms with Crippen LogP contribution in [0.5, 0.6) is 5.75 Å². The number of ether oxygens (including phenoxy) is 1. The minimum absolute atomic E-state index is 0.236. The molecule has 0 saturated heterocycles. The molecule has 3 heteroatoms. The Morgan fingerprint density at radius 2 is 1.89 bits per heavy atom. The van der Waals surface area contributed by atoms with E-state index in [1.165, 1.54) is 18.6 Å². The van der Waals surface area contributed by atoms with Crippen molar-refractivity contribution in [3.05, 3.63) is 29.6 Å². The Balaban J connectivity index is 2.08. The first-order chi connectivity index (χ1) is 8.58. The SMILES string of the molecule is CC1CC(C)CC(Oc2ccc(F)cc2CN)C1. The zero-order chi connectivity index (χ0) is 13.1. The lowest BCUT2D eigenvalue weighted by Gasteiger charge is -2.32. The third kappa shape index (κ3) is 3.22. The van der Waals surface area contributed by atoms with Crippen LogP contribution in [-0.4, -0.2) is 6.10 Å². The Labute approximate surface area is 108 Å². The van der Waals surface area contributed by atoms with Crippen LogP contribution >= 0.6 is 0 Å². The van der Waals surface area contributed by atoms with Crippen molar-refractivity contribution in [1.29, 1.82) is 0 Å². The zero-order valence-electron chi connectivity index (χ0n) is 11.2. The van der Waals surface area contributed by atoms with E-state index in [4.69, 9.17) is 10.5 Å². The maximum atomic E-state index is 13.1. The van der Waals surface area contributed by atoms with E-state index in [-0.39, 0.29) is 11.9 Å². The molecule has 2 atom stereocenters. The van der Waals surface area contributed by atoms with Gasteiger partial charge in [-0.2, -0.15) is 0 Å². The van der Waals surface area contributed by atoms with Crippen LogP contribution in [0.3, 0.4) is 0 Å². The lowest BCUT2D eigenvalue weighted by atomic mass is 9.82. The fourth-order valence-electron chi connectivity index (χ4n) is 2.97. The summed E-state index contributed by atoms with van der Waals surface area (Å²) in [5, 5.41) is 0. The molecule has 2 N–H and O–H groups in total. The maximum absolute atomic E-state index is 13.1. The van der Waals surface area contributed by atoms with Gasteiger partial charge in [0.05, 0.1) is 6.10 Å². The minimum atomic E-state index is -0.256. The normalized spacial score (nSPS) is 28.1. The molecule has 1 aromatic rings. The highest BCUT2D eigenvalue weighted by Gasteiger charge is 2.25. The fourth-order valence-corrected chi connectivity index (χ4v) is 2.97. The first-order valence-electron chi connectivity index (χ1n) is 6.73. The van der Waals surface area contributed by atoms with Crippen molar-refractivity contribution in [2.75, 3.05) is 0 Å². The number of hydrogen-bond acceptors (Lipinski definition) is 2. The van der Waals surface area contributed by atoms with E-state index < -0.39 is 0 Å². The van der Waals surface area contributed by atoms with Crippen LogP contribution in [0.15, 0.2) is 18.2 Å². The third-order valence-corrected chi connectivity index (χ3v) is 3.67. The molecule has 0 amide bonds. The Morgan fingerprint density at radius 1 is 1.22 bits per heavy atom. The monoisotopic (exact) mass is 251 g/mol. The van der Waals surface area contributed by atoms with Gasteiger partial charge in [-0.15, -0.1) is 0 Å². The average molecular weight is 251 g/mol. The molecule has 100 valence electrons. The lowest BCUT2D eigenvalue weighted by Crippen LogP contribution is -2.28. The van der Waals surface area contributed by atoms with Crippen LogP contribution in [0.25, 0.3) is 0 Å². The molecule has 2 rings (SSSR count). The molecular weight excluding hydrogens is 229 g/mol. The second kappa shape index (κ2) is 5.70. The van der Waals surface area contributed by atoms with E-state index >= 15 is 0 Å².